The fourth-order valence-corrected chi connectivity index (χ4v) is 1.77. The molecular formula is C14H18F3NO3. The first kappa shape index (κ1) is 17.3. The van der Waals surface area contributed by atoms with Gasteiger partial charge in [-0.05, 0) is 31.5 Å². The number of alkyl halides is 3. The quantitative estimate of drug-likeness (QED) is 0.821. The Kier molecular flexibility index (Phi) is 5.60. The summed E-state index contributed by atoms with van der Waals surface area (Å²) < 4.78 is 47.2. The number of nitrogens with one attached hydrogen (secondary N) is 1. The van der Waals surface area contributed by atoms with E-state index < -0.39 is 24.2 Å². The SMILES string of the molecule is CCOC(=O)C(C)(NCC(F)(F)F)c1ccc(OC)cc1. The lowest BCUT2D eigenvalue weighted by Gasteiger charge is -2.29. The molecule has 1 rings (SSSR count). The van der Waals surface area contributed by atoms with Gasteiger partial charge in [-0.25, -0.2) is 4.79 Å². The molecule has 0 aliphatic carbocycles. The second-order valence-electron chi connectivity index (χ2n) is 4.54. The number of carbonyl (C=O) groups excluding carboxylic acids is 1. The van der Waals surface area contributed by atoms with Crippen LogP contribution in [0, 0.1) is 0 Å². The van der Waals surface area contributed by atoms with Crippen LogP contribution < -0.4 is 10.1 Å². The molecule has 4 nitrogen and oxygen atoms in total. The Balaban J connectivity index is 3.07. The van der Waals surface area contributed by atoms with Crippen LogP contribution >= 0.6 is 0 Å². The van der Waals surface area contributed by atoms with E-state index in [1.165, 1.54) is 26.2 Å². The molecule has 1 aromatic carbocycles. The third kappa shape index (κ3) is 4.63. The molecule has 0 aliphatic heterocycles. The van der Waals surface area contributed by atoms with Crippen molar-refractivity contribution in [2.75, 3.05) is 20.3 Å². The van der Waals surface area contributed by atoms with Gasteiger partial charge in [0.25, 0.3) is 0 Å². The molecule has 0 saturated carbocycles. The number of benzene rings is 1. The summed E-state index contributed by atoms with van der Waals surface area (Å²) in [5, 5.41) is 2.23. The highest BCUT2D eigenvalue weighted by Crippen LogP contribution is 2.26. The summed E-state index contributed by atoms with van der Waals surface area (Å²) in [5.74, 6) is -0.222. The number of ether oxygens (including phenoxy) is 2. The van der Waals surface area contributed by atoms with Gasteiger partial charge in [-0.15, -0.1) is 0 Å². The normalized spacial score (nSPS) is 14.4. The second kappa shape index (κ2) is 6.80. The Labute approximate surface area is 121 Å². The maximum atomic E-state index is 12.4. The Morgan fingerprint density at radius 3 is 2.24 bits per heavy atom. The largest absolute Gasteiger partial charge is 0.497 e. The van der Waals surface area contributed by atoms with E-state index in [2.05, 4.69) is 5.32 Å². The molecule has 0 aromatic heterocycles. The van der Waals surface area contributed by atoms with Crippen LogP contribution in [0.25, 0.3) is 0 Å². The van der Waals surface area contributed by atoms with Crippen LogP contribution in [0.5, 0.6) is 5.75 Å². The molecule has 1 N–H and O–H groups in total. The molecule has 0 heterocycles. The van der Waals surface area contributed by atoms with Gasteiger partial charge in [0.05, 0.1) is 20.3 Å². The minimum atomic E-state index is -4.43. The molecule has 0 fully saturated rings. The van der Waals surface area contributed by atoms with Crippen molar-refractivity contribution in [3.05, 3.63) is 29.8 Å². The summed E-state index contributed by atoms with van der Waals surface area (Å²) >= 11 is 0. The van der Waals surface area contributed by atoms with Crippen molar-refractivity contribution in [3.8, 4) is 5.75 Å². The van der Waals surface area contributed by atoms with Crippen LogP contribution in [0.4, 0.5) is 13.2 Å². The van der Waals surface area contributed by atoms with Crippen molar-refractivity contribution in [3.63, 3.8) is 0 Å². The van der Waals surface area contributed by atoms with Crippen molar-refractivity contribution < 1.29 is 27.4 Å². The molecule has 0 bridgehead atoms. The fraction of sp³-hybridized carbons (Fsp3) is 0.500. The van der Waals surface area contributed by atoms with Crippen molar-refractivity contribution in [1.29, 1.82) is 0 Å². The molecular weight excluding hydrogens is 287 g/mol. The maximum Gasteiger partial charge on any atom is 0.401 e. The van der Waals surface area contributed by atoms with Gasteiger partial charge in [-0.2, -0.15) is 13.2 Å². The van der Waals surface area contributed by atoms with Crippen molar-refractivity contribution in [1.82, 2.24) is 5.32 Å². The minimum Gasteiger partial charge on any atom is -0.497 e. The van der Waals surface area contributed by atoms with Gasteiger partial charge < -0.3 is 9.47 Å². The molecule has 0 radical (unpaired) electrons. The lowest BCUT2D eigenvalue weighted by molar-refractivity contribution is -0.155. The van der Waals surface area contributed by atoms with Gasteiger partial charge in [0.1, 0.15) is 11.3 Å². The van der Waals surface area contributed by atoms with Gasteiger partial charge >= 0.3 is 12.1 Å². The van der Waals surface area contributed by atoms with E-state index in [1.807, 2.05) is 0 Å². The van der Waals surface area contributed by atoms with Gasteiger partial charge in [-0.3, -0.25) is 5.32 Å². The smallest absolute Gasteiger partial charge is 0.401 e. The highest BCUT2D eigenvalue weighted by atomic mass is 19.4. The number of carbonyl (C=O) groups is 1. The highest BCUT2D eigenvalue weighted by Gasteiger charge is 2.40. The van der Waals surface area contributed by atoms with Crippen LogP contribution in [0.3, 0.4) is 0 Å². The molecule has 0 saturated heterocycles. The topological polar surface area (TPSA) is 47.6 Å². The average molecular weight is 305 g/mol. The second-order valence-corrected chi connectivity index (χ2v) is 4.54. The molecule has 1 unspecified atom stereocenters. The third-order valence-electron chi connectivity index (χ3n) is 2.99. The summed E-state index contributed by atoms with van der Waals surface area (Å²) in [6.45, 7) is 1.74. The Bertz CT molecular complexity index is 473. The zero-order chi connectivity index (χ0) is 16.1. The number of rotatable bonds is 6. The van der Waals surface area contributed by atoms with Gasteiger partial charge in [-0.1, -0.05) is 12.1 Å². The van der Waals surface area contributed by atoms with Crippen LogP contribution in [0.15, 0.2) is 24.3 Å². The first-order valence-electron chi connectivity index (χ1n) is 6.36. The van der Waals surface area contributed by atoms with Gasteiger partial charge in [0, 0.05) is 0 Å². The van der Waals surface area contributed by atoms with Crippen LogP contribution in [0.2, 0.25) is 0 Å². The van der Waals surface area contributed by atoms with Crippen molar-refractivity contribution >= 4 is 5.97 Å². The fourth-order valence-electron chi connectivity index (χ4n) is 1.77. The summed E-state index contributed by atoms with van der Waals surface area (Å²) in [6.07, 6.45) is -4.43. The zero-order valence-corrected chi connectivity index (χ0v) is 12.1. The average Bonchev–Trinajstić information content (AvgIpc) is 2.44. The molecule has 0 aliphatic rings. The van der Waals surface area contributed by atoms with Crippen LogP contribution in [-0.4, -0.2) is 32.4 Å². The molecule has 1 atom stereocenters. The van der Waals surface area contributed by atoms with Gasteiger partial charge in [0.15, 0.2) is 0 Å². The third-order valence-corrected chi connectivity index (χ3v) is 2.99. The Morgan fingerprint density at radius 1 is 1.24 bits per heavy atom. The standard InChI is InChI=1S/C14H18F3NO3/c1-4-21-12(19)13(2,18-9-14(15,16)17)10-5-7-11(20-3)8-6-10/h5-8,18H,4,9H2,1-3H3. The number of esters is 1. The molecule has 21 heavy (non-hydrogen) atoms. The number of halogens is 3. The first-order valence-corrected chi connectivity index (χ1v) is 6.36. The summed E-state index contributed by atoms with van der Waals surface area (Å²) in [4.78, 5) is 12.1. The summed E-state index contributed by atoms with van der Waals surface area (Å²) in [6, 6.07) is 6.20. The van der Waals surface area contributed by atoms with Crippen LogP contribution in [0.1, 0.15) is 19.4 Å². The van der Waals surface area contributed by atoms with E-state index in [-0.39, 0.29) is 6.61 Å². The molecule has 0 spiro atoms. The molecule has 7 heteroatoms. The molecule has 1 aromatic rings. The summed E-state index contributed by atoms with van der Waals surface area (Å²) in [7, 11) is 1.47. The number of methoxy groups -OCH3 is 1. The maximum absolute atomic E-state index is 12.4. The lowest BCUT2D eigenvalue weighted by Crippen LogP contribution is -2.50. The molecule has 0 amide bonds. The van der Waals surface area contributed by atoms with E-state index in [1.54, 1.807) is 19.1 Å². The van der Waals surface area contributed by atoms with E-state index in [9.17, 15) is 18.0 Å². The van der Waals surface area contributed by atoms with Gasteiger partial charge in [0.2, 0.25) is 0 Å². The highest BCUT2D eigenvalue weighted by molar-refractivity contribution is 5.82. The monoisotopic (exact) mass is 305 g/mol. The first-order chi connectivity index (χ1) is 9.73. The minimum absolute atomic E-state index is 0.0816. The molecule has 118 valence electrons. The van der Waals surface area contributed by atoms with E-state index in [4.69, 9.17) is 9.47 Å². The lowest BCUT2D eigenvalue weighted by atomic mass is 9.92. The van der Waals surface area contributed by atoms with E-state index in [0.717, 1.165) is 0 Å². The van der Waals surface area contributed by atoms with E-state index in [0.29, 0.717) is 11.3 Å². The van der Waals surface area contributed by atoms with Crippen molar-refractivity contribution in [2.24, 2.45) is 0 Å². The van der Waals surface area contributed by atoms with Crippen LogP contribution in [-0.2, 0) is 15.1 Å². The Hall–Kier alpha value is -1.76. The Morgan fingerprint density at radius 2 is 1.81 bits per heavy atom. The number of hydrogen-bond donors (Lipinski definition) is 1. The predicted octanol–water partition coefficient (Wildman–Crippen LogP) is 2.63. The van der Waals surface area contributed by atoms with Crippen molar-refractivity contribution in [2.45, 2.75) is 25.6 Å². The summed E-state index contributed by atoms with van der Waals surface area (Å²) in [5.41, 5.74) is -1.22. The number of hydrogen-bond acceptors (Lipinski definition) is 4. The van der Waals surface area contributed by atoms with E-state index >= 15 is 0 Å². The predicted molar refractivity (Wildman–Crippen MR) is 71.0 cm³/mol. The zero-order valence-electron chi connectivity index (χ0n) is 12.1.